The Hall–Kier alpha value is -1.30. The Morgan fingerprint density at radius 3 is 2.84 bits per heavy atom. The summed E-state index contributed by atoms with van der Waals surface area (Å²) >= 11 is 6.11. The summed E-state index contributed by atoms with van der Waals surface area (Å²) in [6.45, 7) is 5.49. The number of hydrogen-bond donors (Lipinski definition) is 2. The van der Waals surface area contributed by atoms with Crippen LogP contribution in [0.25, 0.3) is 0 Å². The molecular weight excluding hydrogens is 268 g/mol. The number of benzene rings is 1. The van der Waals surface area contributed by atoms with Crippen molar-refractivity contribution in [1.82, 2.24) is 0 Å². The summed E-state index contributed by atoms with van der Waals surface area (Å²) in [5, 5.41) is 12.0. The lowest BCUT2D eigenvalue weighted by Gasteiger charge is -2.14. The van der Waals surface area contributed by atoms with Gasteiger partial charge in [-0.1, -0.05) is 28.9 Å². The van der Waals surface area contributed by atoms with Gasteiger partial charge in [0, 0.05) is 17.2 Å². The monoisotopic (exact) mass is 286 g/mol. The summed E-state index contributed by atoms with van der Waals surface area (Å²) in [5.74, 6) is 0.0269. The van der Waals surface area contributed by atoms with E-state index < -0.39 is 0 Å². The van der Waals surface area contributed by atoms with Gasteiger partial charge >= 0.3 is 0 Å². The zero-order valence-electron chi connectivity index (χ0n) is 11.1. The first kappa shape index (κ1) is 15.8. The van der Waals surface area contributed by atoms with E-state index in [9.17, 15) is 0 Å². The summed E-state index contributed by atoms with van der Waals surface area (Å²) in [6, 6.07) is 5.17. The van der Waals surface area contributed by atoms with Gasteiger partial charge in [0.15, 0.2) is 5.84 Å². The van der Waals surface area contributed by atoms with Gasteiger partial charge in [-0.15, -0.1) is 0 Å². The van der Waals surface area contributed by atoms with E-state index in [1.807, 2.05) is 13.8 Å². The lowest BCUT2D eigenvalue weighted by molar-refractivity contribution is -0.0116. The first-order valence-electron chi connectivity index (χ1n) is 6.04. The topological polar surface area (TPSA) is 77.1 Å². The zero-order valence-corrected chi connectivity index (χ0v) is 11.9. The minimum absolute atomic E-state index is 0.000216. The minimum atomic E-state index is -0.000216. The fraction of sp³-hybridized carbons (Fsp3) is 0.462. The second kappa shape index (κ2) is 7.99. The van der Waals surface area contributed by atoms with Gasteiger partial charge in [-0.05, 0) is 25.5 Å². The highest BCUT2D eigenvalue weighted by atomic mass is 35.5. The standard InChI is InChI=1S/C13H19ClN2O3/c1-3-18-7-9(2)19-8-11-5-4-10(6-12(11)14)13(15)16-17/h4-6,9,17H,3,7-8H2,1-2H3,(H2,15,16). The average molecular weight is 287 g/mol. The van der Waals surface area contributed by atoms with Crippen molar-refractivity contribution in [3.8, 4) is 0 Å². The Labute approximate surface area is 117 Å². The van der Waals surface area contributed by atoms with E-state index in [0.29, 0.717) is 30.4 Å². The van der Waals surface area contributed by atoms with E-state index in [1.165, 1.54) is 0 Å². The number of rotatable bonds is 7. The average Bonchev–Trinajstić information content (AvgIpc) is 2.42. The summed E-state index contributed by atoms with van der Waals surface area (Å²) < 4.78 is 10.9. The van der Waals surface area contributed by atoms with Gasteiger partial charge in [-0.25, -0.2) is 0 Å². The van der Waals surface area contributed by atoms with Crippen molar-refractivity contribution in [2.24, 2.45) is 10.9 Å². The summed E-state index contributed by atoms with van der Waals surface area (Å²) in [5.41, 5.74) is 6.90. The van der Waals surface area contributed by atoms with E-state index >= 15 is 0 Å². The molecule has 1 rings (SSSR count). The molecule has 0 heterocycles. The van der Waals surface area contributed by atoms with Crippen LogP contribution in [0.3, 0.4) is 0 Å². The molecule has 1 aromatic rings. The lowest BCUT2D eigenvalue weighted by atomic mass is 10.1. The van der Waals surface area contributed by atoms with Crippen molar-refractivity contribution in [1.29, 1.82) is 0 Å². The maximum atomic E-state index is 8.59. The van der Waals surface area contributed by atoms with Gasteiger partial charge in [0.05, 0.1) is 19.3 Å². The van der Waals surface area contributed by atoms with Crippen LogP contribution in [-0.2, 0) is 16.1 Å². The minimum Gasteiger partial charge on any atom is -0.409 e. The van der Waals surface area contributed by atoms with Crippen LogP contribution in [0.15, 0.2) is 23.4 Å². The molecule has 0 aliphatic heterocycles. The van der Waals surface area contributed by atoms with Crippen LogP contribution >= 0.6 is 11.6 Å². The maximum absolute atomic E-state index is 8.59. The van der Waals surface area contributed by atoms with Crippen LogP contribution in [0.1, 0.15) is 25.0 Å². The Morgan fingerprint density at radius 1 is 1.53 bits per heavy atom. The number of halogens is 1. The molecule has 0 amide bonds. The molecule has 0 radical (unpaired) electrons. The second-order valence-corrected chi connectivity index (χ2v) is 4.48. The summed E-state index contributed by atoms with van der Waals surface area (Å²) in [4.78, 5) is 0. The molecular formula is C13H19ClN2O3. The number of nitrogens with two attached hydrogens (primary N) is 1. The molecule has 0 aromatic heterocycles. The predicted octanol–water partition coefficient (Wildman–Crippen LogP) is 2.38. The fourth-order valence-electron chi connectivity index (χ4n) is 1.45. The molecule has 1 unspecified atom stereocenters. The number of oxime groups is 1. The molecule has 5 nitrogen and oxygen atoms in total. The normalized spacial score (nSPS) is 13.5. The van der Waals surface area contributed by atoms with Crippen LogP contribution in [0.4, 0.5) is 0 Å². The Bertz CT molecular complexity index is 438. The Kier molecular flexibility index (Phi) is 6.62. The van der Waals surface area contributed by atoms with Crippen molar-refractivity contribution in [3.05, 3.63) is 34.3 Å². The second-order valence-electron chi connectivity index (χ2n) is 4.07. The molecule has 0 aliphatic carbocycles. The van der Waals surface area contributed by atoms with Crippen molar-refractivity contribution in [2.75, 3.05) is 13.2 Å². The van der Waals surface area contributed by atoms with Crippen LogP contribution < -0.4 is 5.73 Å². The fourth-order valence-corrected chi connectivity index (χ4v) is 1.68. The van der Waals surface area contributed by atoms with Gasteiger partial charge in [-0.2, -0.15) is 0 Å². The molecule has 0 aliphatic rings. The van der Waals surface area contributed by atoms with E-state index in [2.05, 4.69) is 5.16 Å². The first-order chi connectivity index (χ1) is 9.08. The SMILES string of the molecule is CCOCC(C)OCc1ccc(/C(N)=N/O)cc1Cl. The predicted molar refractivity (Wildman–Crippen MR) is 74.7 cm³/mol. The van der Waals surface area contributed by atoms with Crippen molar-refractivity contribution >= 4 is 17.4 Å². The molecule has 0 saturated heterocycles. The zero-order chi connectivity index (χ0) is 14.3. The van der Waals surface area contributed by atoms with Crippen molar-refractivity contribution in [3.63, 3.8) is 0 Å². The maximum Gasteiger partial charge on any atom is 0.170 e. The molecule has 3 N–H and O–H groups in total. The van der Waals surface area contributed by atoms with Crippen molar-refractivity contribution < 1.29 is 14.7 Å². The molecule has 1 atom stereocenters. The van der Waals surface area contributed by atoms with Gasteiger partial charge in [0.25, 0.3) is 0 Å². The van der Waals surface area contributed by atoms with Gasteiger partial charge < -0.3 is 20.4 Å². The quantitative estimate of drug-likeness (QED) is 0.349. The van der Waals surface area contributed by atoms with E-state index in [-0.39, 0.29) is 11.9 Å². The number of ether oxygens (including phenoxy) is 2. The number of hydrogen-bond acceptors (Lipinski definition) is 4. The molecule has 0 bridgehead atoms. The number of nitrogens with zero attached hydrogens (tertiary/aromatic N) is 1. The third-order valence-corrected chi connectivity index (χ3v) is 2.89. The van der Waals surface area contributed by atoms with Crippen LogP contribution in [-0.4, -0.2) is 30.4 Å². The highest BCUT2D eigenvalue weighted by Gasteiger charge is 2.07. The number of amidine groups is 1. The van der Waals surface area contributed by atoms with E-state index in [4.69, 9.17) is 32.0 Å². The van der Waals surface area contributed by atoms with Gasteiger partial charge in [-0.3, -0.25) is 0 Å². The van der Waals surface area contributed by atoms with E-state index in [1.54, 1.807) is 18.2 Å². The summed E-state index contributed by atoms with van der Waals surface area (Å²) in [7, 11) is 0. The van der Waals surface area contributed by atoms with Crippen molar-refractivity contribution in [2.45, 2.75) is 26.6 Å². The van der Waals surface area contributed by atoms with Gasteiger partial charge in [0.2, 0.25) is 0 Å². The lowest BCUT2D eigenvalue weighted by Crippen LogP contribution is -2.16. The molecule has 0 spiro atoms. The van der Waals surface area contributed by atoms with Crippen LogP contribution in [0, 0.1) is 0 Å². The molecule has 1 aromatic carbocycles. The largest absolute Gasteiger partial charge is 0.409 e. The van der Waals surface area contributed by atoms with E-state index in [0.717, 1.165) is 5.56 Å². The Morgan fingerprint density at radius 2 is 2.26 bits per heavy atom. The first-order valence-corrected chi connectivity index (χ1v) is 6.42. The highest BCUT2D eigenvalue weighted by Crippen LogP contribution is 2.19. The van der Waals surface area contributed by atoms with Gasteiger partial charge in [0.1, 0.15) is 0 Å². The third kappa shape index (κ3) is 5.06. The molecule has 106 valence electrons. The molecule has 19 heavy (non-hydrogen) atoms. The summed E-state index contributed by atoms with van der Waals surface area (Å²) in [6.07, 6.45) is -0.000216. The Balaban J connectivity index is 2.60. The highest BCUT2D eigenvalue weighted by molar-refractivity contribution is 6.31. The van der Waals surface area contributed by atoms with Crippen LogP contribution in [0.5, 0.6) is 0 Å². The molecule has 6 heteroatoms. The smallest absolute Gasteiger partial charge is 0.170 e. The van der Waals surface area contributed by atoms with Crippen LogP contribution in [0.2, 0.25) is 5.02 Å². The third-order valence-electron chi connectivity index (χ3n) is 2.54. The molecule has 0 fully saturated rings. The molecule has 0 saturated carbocycles.